The second-order valence-corrected chi connectivity index (χ2v) is 6.35. The van der Waals surface area contributed by atoms with Crippen LogP contribution in [0.2, 0.25) is 0 Å². The number of rotatable bonds is 5. The van der Waals surface area contributed by atoms with Crippen molar-refractivity contribution in [3.8, 4) is 0 Å². The fraction of sp³-hybridized carbons (Fsp3) is 0.273. The number of aliphatic carboxylic acids is 1. The minimum Gasteiger partial charge on any atom is -0.480 e. The molecule has 9 heteroatoms. The van der Waals surface area contributed by atoms with Crippen LogP contribution < -0.4 is 4.72 Å². The Balaban J connectivity index is 3.14. The minimum atomic E-state index is -4.01. The summed E-state index contributed by atoms with van der Waals surface area (Å²) in [4.78, 5) is 21.8. The summed E-state index contributed by atoms with van der Waals surface area (Å²) in [5, 5.41) is 8.71. The van der Waals surface area contributed by atoms with E-state index in [0.717, 1.165) is 0 Å². The van der Waals surface area contributed by atoms with Crippen molar-refractivity contribution < 1.29 is 27.9 Å². The van der Waals surface area contributed by atoms with Crippen molar-refractivity contribution in [3.05, 3.63) is 28.2 Å². The molecule has 20 heavy (non-hydrogen) atoms. The lowest BCUT2D eigenvalue weighted by Gasteiger charge is -2.12. The molecule has 7 nitrogen and oxygen atoms in total. The Bertz CT molecular complexity index is 642. The van der Waals surface area contributed by atoms with Crippen LogP contribution in [0.15, 0.2) is 27.6 Å². The molecule has 0 aromatic heterocycles. The first kappa shape index (κ1) is 16.6. The maximum atomic E-state index is 12.0. The van der Waals surface area contributed by atoms with E-state index in [4.69, 9.17) is 5.11 Å². The third kappa shape index (κ3) is 3.78. The molecule has 1 rings (SSSR count). The molecule has 110 valence electrons. The standard InChI is InChI=1S/C11H12BrNO6S/c1-6(10(14)15)13-20(17,18)9-4-3-7(5-8(9)12)11(16)19-2/h3-6,13H,1-2H3,(H,14,15). The van der Waals surface area contributed by atoms with Crippen molar-refractivity contribution in [2.45, 2.75) is 17.9 Å². The summed E-state index contributed by atoms with van der Waals surface area (Å²) in [5.74, 6) is -1.91. The number of esters is 1. The lowest BCUT2D eigenvalue weighted by atomic mass is 10.2. The predicted molar refractivity (Wildman–Crippen MR) is 72.9 cm³/mol. The average molecular weight is 366 g/mol. The third-order valence-corrected chi connectivity index (χ3v) is 4.86. The Kier molecular flexibility index (Phi) is 5.26. The molecule has 0 radical (unpaired) electrons. The molecule has 0 heterocycles. The van der Waals surface area contributed by atoms with Gasteiger partial charge in [0.25, 0.3) is 0 Å². The number of sulfonamides is 1. The molecule has 0 saturated heterocycles. The van der Waals surface area contributed by atoms with Gasteiger partial charge in [-0.15, -0.1) is 0 Å². The quantitative estimate of drug-likeness (QED) is 0.752. The minimum absolute atomic E-state index is 0.130. The van der Waals surface area contributed by atoms with Gasteiger partial charge in [-0.25, -0.2) is 13.2 Å². The number of halogens is 1. The number of methoxy groups -OCH3 is 1. The first-order valence-electron chi connectivity index (χ1n) is 5.32. The van der Waals surface area contributed by atoms with Gasteiger partial charge in [-0.05, 0) is 41.1 Å². The Morgan fingerprint density at radius 1 is 1.40 bits per heavy atom. The highest BCUT2D eigenvalue weighted by molar-refractivity contribution is 9.10. The van der Waals surface area contributed by atoms with Crippen LogP contribution in [0.4, 0.5) is 0 Å². The maximum absolute atomic E-state index is 12.0. The molecular weight excluding hydrogens is 354 g/mol. The maximum Gasteiger partial charge on any atom is 0.337 e. The van der Waals surface area contributed by atoms with Crippen molar-refractivity contribution >= 4 is 37.9 Å². The summed E-state index contributed by atoms with van der Waals surface area (Å²) in [5.41, 5.74) is 0.171. The molecule has 0 aliphatic rings. The van der Waals surface area contributed by atoms with Gasteiger partial charge in [0.2, 0.25) is 10.0 Å². The molecule has 0 fully saturated rings. The average Bonchev–Trinajstić information content (AvgIpc) is 2.36. The fourth-order valence-corrected chi connectivity index (χ4v) is 3.58. The number of carbonyl (C=O) groups is 2. The van der Waals surface area contributed by atoms with Gasteiger partial charge in [-0.2, -0.15) is 4.72 Å². The zero-order chi connectivity index (χ0) is 15.5. The predicted octanol–water partition coefficient (Wildman–Crippen LogP) is 0.987. The second kappa shape index (κ2) is 6.33. The molecule has 0 saturated carbocycles. The van der Waals surface area contributed by atoms with Crippen LogP contribution in [0.1, 0.15) is 17.3 Å². The highest BCUT2D eigenvalue weighted by Crippen LogP contribution is 2.23. The molecule has 1 aromatic carbocycles. The zero-order valence-corrected chi connectivity index (χ0v) is 13.0. The number of carboxylic acid groups (broad SMARTS) is 1. The van der Waals surface area contributed by atoms with E-state index in [1.807, 2.05) is 4.72 Å². The van der Waals surface area contributed by atoms with Gasteiger partial charge < -0.3 is 9.84 Å². The van der Waals surface area contributed by atoms with E-state index in [-0.39, 0.29) is 14.9 Å². The van der Waals surface area contributed by atoms with Crippen LogP contribution in [0, 0.1) is 0 Å². The van der Waals surface area contributed by atoms with Crippen molar-refractivity contribution in [1.29, 1.82) is 0 Å². The van der Waals surface area contributed by atoms with Gasteiger partial charge in [0.1, 0.15) is 6.04 Å². The van der Waals surface area contributed by atoms with Crippen molar-refractivity contribution in [2.75, 3.05) is 7.11 Å². The van der Waals surface area contributed by atoms with Crippen molar-refractivity contribution in [2.24, 2.45) is 0 Å². The molecule has 0 amide bonds. The Morgan fingerprint density at radius 2 is 2.00 bits per heavy atom. The van der Waals surface area contributed by atoms with Crippen LogP contribution in [0.25, 0.3) is 0 Å². The van der Waals surface area contributed by atoms with Gasteiger partial charge in [0.05, 0.1) is 17.6 Å². The zero-order valence-electron chi connectivity index (χ0n) is 10.6. The molecule has 0 bridgehead atoms. The SMILES string of the molecule is COC(=O)c1ccc(S(=O)(=O)NC(C)C(=O)O)c(Br)c1. The molecular formula is C11H12BrNO6S. The van der Waals surface area contributed by atoms with Gasteiger partial charge >= 0.3 is 11.9 Å². The Hall–Kier alpha value is -1.45. The van der Waals surface area contributed by atoms with E-state index >= 15 is 0 Å². The summed E-state index contributed by atoms with van der Waals surface area (Å²) in [6.07, 6.45) is 0. The van der Waals surface area contributed by atoms with Gasteiger partial charge in [-0.1, -0.05) is 0 Å². The normalized spacial score (nSPS) is 12.8. The summed E-state index contributed by atoms with van der Waals surface area (Å²) in [6, 6.07) is 2.47. The molecule has 2 N–H and O–H groups in total. The number of ether oxygens (including phenoxy) is 1. The number of nitrogens with one attached hydrogen (secondary N) is 1. The summed E-state index contributed by atoms with van der Waals surface area (Å²) < 4.78 is 30.6. The molecule has 0 spiro atoms. The van der Waals surface area contributed by atoms with E-state index in [2.05, 4.69) is 20.7 Å². The number of carbonyl (C=O) groups excluding carboxylic acids is 1. The highest BCUT2D eigenvalue weighted by Gasteiger charge is 2.24. The summed E-state index contributed by atoms with van der Waals surface area (Å²) >= 11 is 3.03. The number of carboxylic acids is 1. The number of hydrogen-bond donors (Lipinski definition) is 2. The molecule has 1 unspecified atom stereocenters. The molecule has 1 atom stereocenters. The van der Waals surface area contributed by atoms with Gasteiger partial charge in [0, 0.05) is 4.47 Å². The Morgan fingerprint density at radius 3 is 2.45 bits per heavy atom. The number of benzene rings is 1. The van der Waals surface area contributed by atoms with Crippen LogP contribution in [-0.4, -0.2) is 38.6 Å². The fourth-order valence-electron chi connectivity index (χ4n) is 1.31. The topological polar surface area (TPSA) is 110 Å². The van der Waals surface area contributed by atoms with Crippen LogP contribution >= 0.6 is 15.9 Å². The first-order chi connectivity index (χ1) is 9.19. The largest absolute Gasteiger partial charge is 0.480 e. The first-order valence-corrected chi connectivity index (χ1v) is 7.59. The van der Waals surface area contributed by atoms with Gasteiger partial charge in [-0.3, -0.25) is 4.79 Å². The van der Waals surface area contributed by atoms with Crippen molar-refractivity contribution in [1.82, 2.24) is 4.72 Å². The van der Waals surface area contributed by atoms with Crippen LogP contribution in [0.3, 0.4) is 0 Å². The van der Waals surface area contributed by atoms with E-state index in [1.165, 1.54) is 32.2 Å². The van der Waals surface area contributed by atoms with E-state index in [0.29, 0.717) is 0 Å². The molecule has 0 aliphatic carbocycles. The molecule has 1 aromatic rings. The molecule has 0 aliphatic heterocycles. The second-order valence-electron chi connectivity index (χ2n) is 3.82. The van der Waals surface area contributed by atoms with E-state index < -0.39 is 28.0 Å². The monoisotopic (exact) mass is 365 g/mol. The van der Waals surface area contributed by atoms with E-state index in [1.54, 1.807) is 0 Å². The lowest BCUT2D eigenvalue weighted by molar-refractivity contribution is -0.138. The smallest absolute Gasteiger partial charge is 0.337 e. The number of hydrogen-bond acceptors (Lipinski definition) is 5. The summed E-state index contributed by atoms with van der Waals surface area (Å²) in [7, 11) is -2.81. The highest BCUT2D eigenvalue weighted by atomic mass is 79.9. The van der Waals surface area contributed by atoms with Gasteiger partial charge in [0.15, 0.2) is 0 Å². The van der Waals surface area contributed by atoms with Crippen LogP contribution in [0.5, 0.6) is 0 Å². The third-order valence-electron chi connectivity index (χ3n) is 2.34. The summed E-state index contributed by atoms with van der Waals surface area (Å²) in [6.45, 7) is 1.20. The van der Waals surface area contributed by atoms with Crippen molar-refractivity contribution in [3.63, 3.8) is 0 Å². The van der Waals surface area contributed by atoms with Crippen LogP contribution in [-0.2, 0) is 19.6 Å². The van der Waals surface area contributed by atoms with E-state index in [9.17, 15) is 18.0 Å². The Labute approximate surface area is 124 Å². The lowest BCUT2D eigenvalue weighted by Crippen LogP contribution is -2.38.